The van der Waals surface area contributed by atoms with Crippen LogP contribution in [0.4, 0.5) is 0 Å². The molecule has 0 amide bonds. The lowest BCUT2D eigenvalue weighted by Gasteiger charge is -2.11. The van der Waals surface area contributed by atoms with Crippen molar-refractivity contribution >= 4 is 11.9 Å². The lowest BCUT2D eigenvalue weighted by molar-refractivity contribution is -0.166. The van der Waals surface area contributed by atoms with Crippen molar-refractivity contribution in [3.05, 3.63) is 12.0 Å². The number of esters is 2. The fraction of sp³-hybridized carbons (Fsp3) is 0.200. The highest BCUT2D eigenvalue weighted by atomic mass is 16.6. The average molecular weight is 144 g/mol. The number of hydrogen-bond donors (Lipinski definition) is 1. The topological polar surface area (TPSA) is 72.8 Å². The molecule has 1 N–H and O–H groups in total. The maximum Gasteiger partial charge on any atom is 0.378 e. The molecule has 0 atom stereocenters. The number of carbonyl (C=O) groups excluding carboxylic acids is 2. The molecule has 5 nitrogen and oxygen atoms in total. The van der Waals surface area contributed by atoms with Crippen LogP contribution in [0.2, 0.25) is 0 Å². The summed E-state index contributed by atoms with van der Waals surface area (Å²) in [7, 11) is 0. The molecule has 0 aromatic carbocycles. The molecule has 10 heavy (non-hydrogen) atoms. The van der Waals surface area contributed by atoms with Gasteiger partial charge in [0.2, 0.25) is 5.76 Å². The van der Waals surface area contributed by atoms with E-state index < -0.39 is 24.3 Å². The first kappa shape index (κ1) is 6.60. The summed E-state index contributed by atoms with van der Waals surface area (Å²) >= 11 is 0. The average Bonchev–Trinajstić information content (AvgIpc) is 1.94. The van der Waals surface area contributed by atoms with Crippen LogP contribution in [0.25, 0.3) is 0 Å². The lowest BCUT2D eigenvalue weighted by Crippen LogP contribution is -2.26. The van der Waals surface area contributed by atoms with Crippen molar-refractivity contribution in [2.45, 2.75) is 0 Å². The van der Waals surface area contributed by atoms with E-state index in [4.69, 9.17) is 5.11 Å². The molecule has 1 aliphatic heterocycles. The number of aliphatic hydroxyl groups excluding tert-OH is 1. The van der Waals surface area contributed by atoms with Crippen molar-refractivity contribution in [1.29, 1.82) is 0 Å². The van der Waals surface area contributed by atoms with Gasteiger partial charge in [0, 0.05) is 0 Å². The minimum Gasteiger partial charge on any atom is -0.511 e. The van der Waals surface area contributed by atoms with Crippen LogP contribution in [0, 0.1) is 0 Å². The first-order valence-corrected chi connectivity index (χ1v) is 2.46. The molecule has 1 rings (SSSR count). The van der Waals surface area contributed by atoms with Gasteiger partial charge in [0.05, 0.1) is 0 Å². The van der Waals surface area contributed by atoms with Gasteiger partial charge < -0.3 is 14.6 Å². The van der Waals surface area contributed by atoms with Crippen LogP contribution in [-0.4, -0.2) is 23.7 Å². The third-order valence-corrected chi connectivity index (χ3v) is 0.863. The van der Waals surface area contributed by atoms with Crippen molar-refractivity contribution in [2.75, 3.05) is 6.61 Å². The lowest BCUT2D eigenvalue weighted by atomic mass is 10.5. The molecule has 0 unspecified atom stereocenters. The molecule has 0 bridgehead atoms. The first-order chi connectivity index (χ1) is 4.74. The van der Waals surface area contributed by atoms with Crippen molar-refractivity contribution in [2.24, 2.45) is 0 Å². The molecule has 0 saturated carbocycles. The first-order valence-electron chi connectivity index (χ1n) is 2.46. The molecule has 0 aliphatic carbocycles. The van der Waals surface area contributed by atoms with Gasteiger partial charge in [-0.05, 0) is 0 Å². The van der Waals surface area contributed by atoms with Gasteiger partial charge in [-0.1, -0.05) is 0 Å². The highest BCUT2D eigenvalue weighted by Gasteiger charge is 2.24. The van der Waals surface area contributed by atoms with Crippen molar-refractivity contribution < 1.29 is 24.2 Å². The van der Waals surface area contributed by atoms with E-state index in [0.717, 1.165) is 0 Å². The molecule has 0 radical (unpaired) electrons. The molecule has 0 spiro atoms. The molecule has 1 heterocycles. The Morgan fingerprint density at radius 2 is 2.20 bits per heavy atom. The summed E-state index contributed by atoms with van der Waals surface area (Å²) < 4.78 is 8.50. The third kappa shape index (κ3) is 1.07. The van der Waals surface area contributed by atoms with Crippen LogP contribution in [-0.2, 0) is 19.1 Å². The Bertz CT molecular complexity index is 204. The fourth-order valence-corrected chi connectivity index (χ4v) is 0.468. The van der Waals surface area contributed by atoms with E-state index in [0.29, 0.717) is 6.26 Å². The molecule has 1 aliphatic rings. The normalized spacial score (nSPS) is 22.2. The van der Waals surface area contributed by atoms with E-state index >= 15 is 0 Å². The van der Waals surface area contributed by atoms with E-state index in [1.807, 2.05) is 0 Å². The third-order valence-electron chi connectivity index (χ3n) is 0.863. The molecule has 0 aromatic heterocycles. The number of ether oxygens (including phenoxy) is 2. The van der Waals surface area contributed by atoms with Crippen LogP contribution in [0.5, 0.6) is 0 Å². The largest absolute Gasteiger partial charge is 0.511 e. The maximum absolute atomic E-state index is 10.4. The number of rotatable bonds is 0. The zero-order chi connectivity index (χ0) is 7.56. The van der Waals surface area contributed by atoms with Gasteiger partial charge in [-0.15, -0.1) is 0 Å². The molecule has 1 fully saturated rings. The predicted octanol–water partition coefficient (Wildman–Crippen LogP) is -0.514. The zero-order valence-corrected chi connectivity index (χ0v) is 4.86. The van der Waals surface area contributed by atoms with Gasteiger partial charge in [-0.3, -0.25) is 0 Å². The second kappa shape index (κ2) is 2.38. The van der Waals surface area contributed by atoms with Crippen LogP contribution < -0.4 is 0 Å². The Labute approximate surface area is 55.8 Å². The Kier molecular flexibility index (Phi) is 1.57. The minimum atomic E-state index is -0.831. The van der Waals surface area contributed by atoms with E-state index in [2.05, 4.69) is 9.47 Å². The number of cyclic esters (lactones) is 2. The standard InChI is InChI=1S/C5H4O5/c6-1-3-5(8)9-2-4(7)10-3/h1,6H,2H2/b3-1+. The van der Waals surface area contributed by atoms with Gasteiger partial charge in [0.15, 0.2) is 6.61 Å². The summed E-state index contributed by atoms with van der Waals surface area (Å²) in [6.45, 7) is -0.393. The summed E-state index contributed by atoms with van der Waals surface area (Å²) in [4.78, 5) is 20.8. The molecular weight excluding hydrogens is 140 g/mol. The molecule has 1 saturated heterocycles. The fourth-order valence-electron chi connectivity index (χ4n) is 0.468. The van der Waals surface area contributed by atoms with Crippen LogP contribution in [0.3, 0.4) is 0 Å². The van der Waals surface area contributed by atoms with E-state index in [-0.39, 0.29) is 0 Å². The summed E-state index contributed by atoms with van der Waals surface area (Å²) in [5, 5.41) is 8.24. The maximum atomic E-state index is 10.4. The van der Waals surface area contributed by atoms with Crippen LogP contribution >= 0.6 is 0 Å². The SMILES string of the molecule is O=C1COC(=O)/C(=C\O)O1. The summed E-state index contributed by atoms with van der Waals surface area (Å²) in [5.41, 5.74) is 0. The second-order valence-corrected chi connectivity index (χ2v) is 1.54. The highest BCUT2D eigenvalue weighted by Crippen LogP contribution is 2.05. The Hall–Kier alpha value is -1.52. The van der Waals surface area contributed by atoms with Gasteiger partial charge >= 0.3 is 11.9 Å². The Morgan fingerprint density at radius 1 is 1.50 bits per heavy atom. The molecule has 54 valence electrons. The number of aliphatic hydroxyl groups is 1. The summed E-state index contributed by atoms with van der Waals surface area (Å²) in [6, 6.07) is 0. The van der Waals surface area contributed by atoms with Gasteiger partial charge in [-0.25, -0.2) is 9.59 Å². The van der Waals surface area contributed by atoms with Gasteiger partial charge in [-0.2, -0.15) is 0 Å². The van der Waals surface area contributed by atoms with E-state index in [1.165, 1.54) is 0 Å². The Balaban J connectivity index is 2.72. The smallest absolute Gasteiger partial charge is 0.378 e. The number of hydrogen-bond acceptors (Lipinski definition) is 5. The molecule has 5 heteroatoms. The van der Waals surface area contributed by atoms with Crippen molar-refractivity contribution in [1.82, 2.24) is 0 Å². The quantitative estimate of drug-likeness (QED) is 0.281. The van der Waals surface area contributed by atoms with Crippen molar-refractivity contribution in [3.63, 3.8) is 0 Å². The molecular formula is C5H4O5. The summed E-state index contributed by atoms with van der Waals surface area (Å²) in [6.07, 6.45) is 0.388. The van der Waals surface area contributed by atoms with Gasteiger partial charge in [0.25, 0.3) is 0 Å². The second-order valence-electron chi connectivity index (χ2n) is 1.54. The van der Waals surface area contributed by atoms with Gasteiger partial charge in [0.1, 0.15) is 6.26 Å². The van der Waals surface area contributed by atoms with E-state index in [1.54, 1.807) is 0 Å². The summed E-state index contributed by atoms with van der Waals surface area (Å²) in [5.74, 6) is -2.00. The van der Waals surface area contributed by atoms with Crippen LogP contribution in [0.1, 0.15) is 0 Å². The predicted molar refractivity (Wildman–Crippen MR) is 27.8 cm³/mol. The minimum absolute atomic E-state index is 0.388. The Morgan fingerprint density at radius 3 is 2.70 bits per heavy atom. The van der Waals surface area contributed by atoms with Crippen molar-refractivity contribution in [3.8, 4) is 0 Å². The zero-order valence-electron chi connectivity index (χ0n) is 4.86. The highest BCUT2D eigenvalue weighted by molar-refractivity contribution is 5.93. The monoisotopic (exact) mass is 144 g/mol. The molecule has 0 aromatic rings. The number of carbonyl (C=O) groups is 2. The van der Waals surface area contributed by atoms with E-state index in [9.17, 15) is 9.59 Å². The van der Waals surface area contributed by atoms with Crippen LogP contribution in [0.15, 0.2) is 12.0 Å².